The van der Waals surface area contributed by atoms with E-state index in [1.54, 1.807) is 0 Å². The van der Waals surface area contributed by atoms with E-state index in [1.165, 1.54) is 26.2 Å². The van der Waals surface area contributed by atoms with Gasteiger partial charge in [0.25, 0.3) is 0 Å². The molecule has 1 heterocycles. The van der Waals surface area contributed by atoms with Crippen molar-refractivity contribution in [2.24, 2.45) is 5.92 Å². The lowest BCUT2D eigenvalue weighted by molar-refractivity contribution is 0.0168. The van der Waals surface area contributed by atoms with Gasteiger partial charge in [0.15, 0.2) is 0 Å². The zero-order chi connectivity index (χ0) is 11.1. The number of hydrogen-bond donors (Lipinski definition) is 1. The van der Waals surface area contributed by atoms with Gasteiger partial charge in [-0.2, -0.15) is 0 Å². The molecule has 1 N–H and O–H groups in total. The Balaban J connectivity index is 1.91. The van der Waals surface area contributed by atoms with Crippen molar-refractivity contribution < 1.29 is 4.84 Å². The SMILES string of the molecule is CC(C)CONCCN1CCN(C)CC1. The predicted octanol–water partition coefficient (Wildman–Crippen LogP) is 0.411. The number of hydrogen-bond acceptors (Lipinski definition) is 4. The number of hydroxylamine groups is 1. The van der Waals surface area contributed by atoms with E-state index in [0.717, 1.165) is 19.7 Å². The second-order valence-electron chi connectivity index (χ2n) is 4.74. The molecule has 1 rings (SSSR count). The van der Waals surface area contributed by atoms with Crippen molar-refractivity contribution in [1.29, 1.82) is 0 Å². The molecule has 1 aliphatic rings. The van der Waals surface area contributed by atoms with Crippen molar-refractivity contribution >= 4 is 0 Å². The van der Waals surface area contributed by atoms with Gasteiger partial charge < -0.3 is 9.74 Å². The van der Waals surface area contributed by atoms with Crippen LogP contribution in [0.15, 0.2) is 0 Å². The largest absolute Gasteiger partial charge is 0.304 e. The predicted molar refractivity (Wildman–Crippen MR) is 62.7 cm³/mol. The summed E-state index contributed by atoms with van der Waals surface area (Å²) in [5, 5.41) is 0. The molecule has 0 aliphatic carbocycles. The van der Waals surface area contributed by atoms with Crippen LogP contribution in [0.2, 0.25) is 0 Å². The molecule has 0 radical (unpaired) electrons. The first kappa shape index (κ1) is 12.9. The van der Waals surface area contributed by atoms with E-state index in [-0.39, 0.29) is 0 Å². The molecule has 0 unspecified atom stereocenters. The van der Waals surface area contributed by atoms with E-state index >= 15 is 0 Å². The van der Waals surface area contributed by atoms with E-state index in [9.17, 15) is 0 Å². The topological polar surface area (TPSA) is 27.7 Å². The van der Waals surface area contributed by atoms with Crippen LogP contribution in [0.4, 0.5) is 0 Å². The van der Waals surface area contributed by atoms with Crippen LogP contribution < -0.4 is 5.48 Å². The summed E-state index contributed by atoms with van der Waals surface area (Å²) in [6, 6.07) is 0. The Bertz CT molecular complexity index is 156. The molecule has 0 saturated carbocycles. The second kappa shape index (κ2) is 7.17. The quantitative estimate of drug-likeness (QED) is 0.513. The summed E-state index contributed by atoms with van der Waals surface area (Å²) in [5.74, 6) is 0.598. The van der Waals surface area contributed by atoms with Gasteiger partial charge in [-0.3, -0.25) is 4.90 Å². The first-order valence-corrected chi connectivity index (χ1v) is 5.94. The summed E-state index contributed by atoms with van der Waals surface area (Å²) < 4.78 is 0. The third-order valence-corrected chi connectivity index (χ3v) is 2.64. The fraction of sp³-hybridized carbons (Fsp3) is 1.00. The van der Waals surface area contributed by atoms with Gasteiger partial charge >= 0.3 is 0 Å². The number of piperazine rings is 1. The average molecular weight is 215 g/mol. The molecule has 4 nitrogen and oxygen atoms in total. The van der Waals surface area contributed by atoms with Gasteiger partial charge in [0.2, 0.25) is 0 Å². The van der Waals surface area contributed by atoms with Crippen LogP contribution in [-0.2, 0) is 4.84 Å². The van der Waals surface area contributed by atoms with Gasteiger partial charge in [0.1, 0.15) is 0 Å². The molecule has 1 fully saturated rings. The standard InChI is InChI=1S/C11H25N3O/c1-11(2)10-15-12-4-5-14-8-6-13(3)7-9-14/h11-12H,4-10H2,1-3H3. The Hall–Kier alpha value is -0.160. The molecular formula is C11H25N3O. The molecule has 15 heavy (non-hydrogen) atoms. The van der Waals surface area contributed by atoms with Gasteiger partial charge in [-0.05, 0) is 13.0 Å². The lowest BCUT2D eigenvalue weighted by Gasteiger charge is -2.32. The van der Waals surface area contributed by atoms with Gasteiger partial charge in [-0.15, -0.1) is 0 Å². The van der Waals surface area contributed by atoms with Crippen LogP contribution in [0.25, 0.3) is 0 Å². The third kappa shape index (κ3) is 6.10. The number of nitrogens with zero attached hydrogens (tertiary/aromatic N) is 2. The Labute approximate surface area is 93.5 Å². The van der Waals surface area contributed by atoms with E-state index < -0.39 is 0 Å². The molecule has 0 aromatic heterocycles. The molecule has 0 bridgehead atoms. The molecule has 1 aliphatic heterocycles. The van der Waals surface area contributed by atoms with Crippen LogP contribution in [0.1, 0.15) is 13.8 Å². The minimum atomic E-state index is 0.598. The normalized spacial score (nSPS) is 20.0. The molecule has 0 aromatic rings. The van der Waals surface area contributed by atoms with Crippen molar-refractivity contribution in [2.75, 3.05) is 52.9 Å². The van der Waals surface area contributed by atoms with Crippen molar-refractivity contribution in [1.82, 2.24) is 15.3 Å². The fourth-order valence-electron chi connectivity index (χ4n) is 1.57. The van der Waals surface area contributed by atoms with Crippen molar-refractivity contribution in [2.45, 2.75) is 13.8 Å². The highest BCUT2D eigenvalue weighted by atomic mass is 16.6. The van der Waals surface area contributed by atoms with E-state index in [4.69, 9.17) is 4.84 Å². The summed E-state index contributed by atoms with van der Waals surface area (Å²) >= 11 is 0. The van der Waals surface area contributed by atoms with Gasteiger partial charge in [-0.25, -0.2) is 5.48 Å². The molecule has 90 valence electrons. The highest BCUT2D eigenvalue weighted by molar-refractivity contribution is 4.68. The molecular weight excluding hydrogens is 190 g/mol. The molecule has 4 heteroatoms. The van der Waals surface area contributed by atoms with E-state index in [0.29, 0.717) is 5.92 Å². The van der Waals surface area contributed by atoms with Crippen LogP contribution in [-0.4, -0.2) is 62.7 Å². The average Bonchev–Trinajstić information content (AvgIpc) is 2.20. The maximum absolute atomic E-state index is 5.32. The Morgan fingerprint density at radius 2 is 1.87 bits per heavy atom. The Morgan fingerprint density at radius 1 is 1.20 bits per heavy atom. The van der Waals surface area contributed by atoms with Crippen LogP contribution in [0, 0.1) is 5.92 Å². The summed E-state index contributed by atoms with van der Waals surface area (Å²) in [4.78, 5) is 10.2. The molecule has 0 amide bonds. The van der Waals surface area contributed by atoms with Crippen LogP contribution in [0.3, 0.4) is 0 Å². The smallest absolute Gasteiger partial charge is 0.0705 e. The maximum Gasteiger partial charge on any atom is 0.0705 e. The molecule has 0 spiro atoms. The lowest BCUT2D eigenvalue weighted by atomic mass is 10.2. The third-order valence-electron chi connectivity index (χ3n) is 2.64. The van der Waals surface area contributed by atoms with Gasteiger partial charge in [0, 0.05) is 39.3 Å². The van der Waals surface area contributed by atoms with Gasteiger partial charge in [0.05, 0.1) is 6.61 Å². The highest BCUT2D eigenvalue weighted by Crippen LogP contribution is 1.97. The van der Waals surface area contributed by atoms with E-state index in [1.807, 2.05) is 0 Å². The second-order valence-corrected chi connectivity index (χ2v) is 4.74. The lowest BCUT2D eigenvalue weighted by Crippen LogP contribution is -2.46. The fourth-order valence-corrected chi connectivity index (χ4v) is 1.57. The molecule has 1 saturated heterocycles. The van der Waals surface area contributed by atoms with Crippen molar-refractivity contribution in [3.8, 4) is 0 Å². The van der Waals surface area contributed by atoms with Crippen LogP contribution >= 0.6 is 0 Å². The monoisotopic (exact) mass is 215 g/mol. The highest BCUT2D eigenvalue weighted by Gasteiger charge is 2.12. The van der Waals surface area contributed by atoms with Crippen molar-refractivity contribution in [3.05, 3.63) is 0 Å². The van der Waals surface area contributed by atoms with Crippen molar-refractivity contribution in [3.63, 3.8) is 0 Å². The first-order valence-electron chi connectivity index (χ1n) is 5.94. The summed E-state index contributed by atoms with van der Waals surface area (Å²) in [5.41, 5.74) is 3.02. The molecule has 0 atom stereocenters. The summed E-state index contributed by atoms with van der Waals surface area (Å²) in [6.07, 6.45) is 0. The minimum Gasteiger partial charge on any atom is -0.304 e. The summed E-state index contributed by atoms with van der Waals surface area (Å²) in [7, 11) is 2.18. The minimum absolute atomic E-state index is 0.598. The zero-order valence-corrected chi connectivity index (χ0v) is 10.3. The Kier molecular flexibility index (Phi) is 6.17. The number of nitrogens with one attached hydrogen (secondary N) is 1. The van der Waals surface area contributed by atoms with Gasteiger partial charge in [-0.1, -0.05) is 13.8 Å². The van der Waals surface area contributed by atoms with Crippen LogP contribution in [0.5, 0.6) is 0 Å². The molecule has 0 aromatic carbocycles. The number of rotatable bonds is 6. The first-order chi connectivity index (χ1) is 7.18. The van der Waals surface area contributed by atoms with E-state index in [2.05, 4.69) is 36.2 Å². The zero-order valence-electron chi connectivity index (χ0n) is 10.3. The Morgan fingerprint density at radius 3 is 2.47 bits per heavy atom. The summed E-state index contributed by atoms with van der Waals surface area (Å²) in [6.45, 7) is 11.9. The maximum atomic E-state index is 5.32. The number of likely N-dealkylation sites (N-methyl/N-ethyl adjacent to an activating group) is 1.